The van der Waals surface area contributed by atoms with Gasteiger partial charge in [0, 0.05) is 0 Å². The number of hydrogen-bond donors (Lipinski definition) is 0. The molecule has 1 rings (SSSR count). The zero-order valence-electron chi connectivity index (χ0n) is 7.06. The van der Waals surface area contributed by atoms with Crippen molar-refractivity contribution in [2.24, 2.45) is 5.92 Å². The van der Waals surface area contributed by atoms with Crippen LogP contribution in [0.3, 0.4) is 0 Å². The number of aldehydes is 1. The Morgan fingerprint density at radius 2 is 1.83 bits per heavy atom. The van der Waals surface area contributed by atoms with Crippen LogP contribution in [0.15, 0.2) is 0 Å². The van der Waals surface area contributed by atoms with Gasteiger partial charge in [-0.3, -0.25) is 0 Å². The maximum Gasteiger partial charge on any atom is 0.173 e. The van der Waals surface area contributed by atoms with Crippen molar-refractivity contribution in [1.82, 2.24) is 0 Å². The van der Waals surface area contributed by atoms with Gasteiger partial charge in [0.15, 0.2) is 10.6 Å². The molecular formula is C9H14Cl2O. The Morgan fingerprint density at radius 3 is 2.33 bits per heavy atom. The molecule has 1 aliphatic carbocycles. The van der Waals surface area contributed by atoms with Crippen molar-refractivity contribution >= 4 is 29.5 Å². The van der Waals surface area contributed by atoms with Crippen LogP contribution in [0.4, 0.5) is 0 Å². The lowest BCUT2D eigenvalue weighted by molar-refractivity contribution is -0.108. The first-order chi connectivity index (χ1) is 5.64. The molecule has 0 unspecified atom stereocenters. The Balaban J connectivity index is 2.33. The van der Waals surface area contributed by atoms with Crippen LogP contribution in [0.25, 0.3) is 0 Å². The second-order valence-corrected chi connectivity index (χ2v) is 5.13. The van der Waals surface area contributed by atoms with Crippen LogP contribution < -0.4 is 0 Å². The van der Waals surface area contributed by atoms with Crippen molar-refractivity contribution < 1.29 is 4.79 Å². The monoisotopic (exact) mass is 208 g/mol. The number of carbonyl (C=O) groups is 1. The summed E-state index contributed by atoms with van der Waals surface area (Å²) in [6.45, 7) is 0. The van der Waals surface area contributed by atoms with Gasteiger partial charge in [-0.15, -0.1) is 0 Å². The molecule has 0 amide bonds. The van der Waals surface area contributed by atoms with E-state index < -0.39 is 4.33 Å². The molecule has 0 radical (unpaired) electrons. The molecule has 0 heterocycles. The van der Waals surface area contributed by atoms with Gasteiger partial charge >= 0.3 is 0 Å². The van der Waals surface area contributed by atoms with Gasteiger partial charge in [0.25, 0.3) is 0 Å². The highest BCUT2D eigenvalue weighted by atomic mass is 35.5. The van der Waals surface area contributed by atoms with Crippen LogP contribution >= 0.6 is 23.2 Å². The van der Waals surface area contributed by atoms with Gasteiger partial charge in [0.1, 0.15) is 0 Å². The minimum Gasteiger partial charge on any atom is -0.300 e. The Labute approximate surface area is 83.4 Å². The Kier molecular flexibility index (Phi) is 3.85. The van der Waals surface area contributed by atoms with E-state index in [4.69, 9.17) is 23.2 Å². The Morgan fingerprint density at radius 1 is 1.25 bits per heavy atom. The molecule has 3 heteroatoms. The van der Waals surface area contributed by atoms with Crippen molar-refractivity contribution in [1.29, 1.82) is 0 Å². The lowest BCUT2D eigenvalue weighted by Gasteiger charge is -2.24. The smallest absolute Gasteiger partial charge is 0.173 e. The molecule has 1 nitrogen and oxygen atoms in total. The quantitative estimate of drug-likeness (QED) is 0.514. The van der Waals surface area contributed by atoms with E-state index in [2.05, 4.69) is 0 Å². The van der Waals surface area contributed by atoms with Crippen LogP contribution in [0.2, 0.25) is 0 Å². The predicted molar refractivity (Wildman–Crippen MR) is 51.7 cm³/mol. The number of alkyl halides is 2. The molecule has 0 saturated heterocycles. The third-order valence-electron chi connectivity index (χ3n) is 2.46. The van der Waals surface area contributed by atoms with Crippen molar-refractivity contribution in [3.8, 4) is 0 Å². The molecule has 1 saturated carbocycles. The summed E-state index contributed by atoms with van der Waals surface area (Å²) in [7, 11) is 0. The molecule has 0 aromatic heterocycles. The SMILES string of the molecule is O=CC(Cl)(Cl)CC1CCCCC1. The maximum absolute atomic E-state index is 10.4. The fourth-order valence-corrected chi connectivity index (χ4v) is 2.26. The van der Waals surface area contributed by atoms with E-state index in [1.807, 2.05) is 0 Å². The van der Waals surface area contributed by atoms with E-state index in [1.165, 1.54) is 32.1 Å². The fourth-order valence-electron chi connectivity index (χ4n) is 1.82. The highest BCUT2D eigenvalue weighted by Gasteiger charge is 2.28. The van der Waals surface area contributed by atoms with Crippen LogP contribution in [-0.2, 0) is 4.79 Å². The van der Waals surface area contributed by atoms with Crippen LogP contribution in [-0.4, -0.2) is 10.6 Å². The van der Waals surface area contributed by atoms with Gasteiger partial charge < -0.3 is 4.79 Å². The first-order valence-corrected chi connectivity index (χ1v) is 5.24. The fraction of sp³-hybridized carbons (Fsp3) is 0.889. The van der Waals surface area contributed by atoms with Crippen LogP contribution in [0, 0.1) is 5.92 Å². The van der Waals surface area contributed by atoms with E-state index in [-0.39, 0.29) is 0 Å². The molecule has 0 atom stereocenters. The minimum atomic E-state index is -1.14. The van der Waals surface area contributed by atoms with Crippen molar-refractivity contribution in [2.45, 2.75) is 42.9 Å². The average Bonchev–Trinajstić information content (AvgIpc) is 2.06. The summed E-state index contributed by atoms with van der Waals surface area (Å²) >= 11 is 11.5. The molecule has 0 aromatic carbocycles. The number of carbonyl (C=O) groups excluding carboxylic acids is 1. The van der Waals surface area contributed by atoms with Crippen LogP contribution in [0.1, 0.15) is 38.5 Å². The average molecular weight is 209 g/mol. The van der Waals surface area contributed by atoms with Crippen molar-refractivity contribution in [2.75, 3.05) is 0 Å². The third kappa shape index (κ3) is 3.32. The van der Waals surface area contributed by atoms with Gasteiger partial charge in [-0.1, -0.05) is 55.3 Å². The normalized spacial score (nSPS) is 20.8. The standard InChI is InChI=1S/C9H14Cl2O/c10-9(11,7-12)6-8-4-2-1-3-5-8/h7-8H,1-6H2. The topological polar surface area (TPSA) is 17.1 Å². The van der Waals surface area contributed by atoms with Gasteiger partial charge in [-0.25, -0.2) is 0 Å². The number of halogens is 2. The summed E-state index contributed by atoms with van der Waals surface area (Å²) in [6, 6.07) is 0. The van der Waals surface area contributed by atoms with E-state index >= 15 is 0 Å². The summed E-state index contributed by atoms with van der Waals surface area (Å²) in [4.78, 5) is 10.4. The Bertz CT molecular complexity index is 151. The van der Waals surface area contributed by atoms with Gasteiger partial charge in [-0.05, 0) is 12.3 Å². The van der Waals surface area contributed by atoms with Gasteiger partial charge in [0.05, 0.1) is 0 Å². The molecule has 0 aliphatic heterocycles. The molecule has 1 aliphatic rings. The lowest BCUT2D eigenvalue weighted by atomic mass is 9.86. The summed E-state index contributed by atoms with van der Waals surface area (Å²) in [5, 5.41) is 0. The molecule has 12 heavy (non-hydrogen) atoms. The second kappa shape index (κ2) is 4.48. The van der Waals surface area contributed by atoms with E-state index in [1.54, 1.807) is 0 Å². The molecule has 70 valence electrons. The largest absolute Gasteiger partial charge is 0.300 e. The van der Waals surface area contributed by atoms with Crippen molar-refractivity contribution in [3.05, 3.63) is 0 Å². The second-order valence-electron chi connectivity index (χ2n) is 3.59. The highest BCUT2D eigenvalue weighted by Crippen LogP contribution is 2.34. The zero-order valence-corrected chi connectivity index (χ0v) is 8.57. The molecule has 1 fully saturated rings. The Hall–Kier alpha value is 0.250. The summed E-state index contributed by atoms with van der Waals surface area (Å²) < 4.78 is -1.14. The van der Waals surface area contributed by atoms with E-state index in [0.29, 0.717) is 18.6 Å². The third-order valence-corrected chi connectivity index (χ3v) is 2.94. The molecular weight excluding hydrogens is 195 g/mol. The van der Waals surface area contributed by atoms with Gasteiger partial charge in [-0.2, -0.15) is 0 Å². The van der Waals surface area contributed by atoms with E-state index in [9.17, 15) is 4.79 Å². The number of rotatable bonds is 3. The molecule has 0 spiro atoms. The first kappa shape index (κ1) is 10.3. The van der Waals surface area contributed by atoms with Crippen LogP contribution in [0.5, 0.6) is 0 Å². The first-order valence-electron chi connectivity index (χ1n) is 4.48. The maximum atomic E-state index is 10.4. The summed E-state index contributed by atoms with van der Waals surface area (Å²) in [5.74, 6) is 0.555. The summed E-state index contributed by atoms with van der Waals surface area (Å²) in [6.07, 6.45) is 7.45. The van der Waals surface area contributed by atoms with Crippen molar-refractivity contribution in [3.63, 3.8) is 0 Å². The molecule has 0 aromatic rings. The van der Waals surface area contributed by atoms with E-state index in [0.717, 1.165) is 0 Å². The lowest BCUT2D eigenvalue weighted by Crippen LogP contribution is -2.21. The minimum absolute atomic E-state index is 0.555. The summed E-state index contributed by atoms with van der Waals surface area (Å²) in [5.41, 5.74) is 0. The molecule has 0 N–H and O–H groups in total. The predicted octanol–water partition coefficient (Wildman–Crippen LogP) is 3.33. The number of hydrogen-bond acceptors (Lipinski definition) is 1. The zero-order chi connectivity index (χ0) is 9.03. The molecule has 0 bridgehead atoms. The van der Waals surface area contributed by atoms with Gasteiger partial charge in [0.2, 0.25) is 0 Å². The highest BCUT2D eigenvalue weighted by molar-refractivity contribution is 6.55.